The van der Waals surface area contributed by atoms with Gasteiger partial charge in [0.25, 0.3) is 5.91 Å². The van der Waals surface area contributed by atoms with Crippen molar-refractivity contribution in [2.75, 3.05) is 5.32 Å². The molecule has 0 fully saturated rings. The van der Waals surface area contributed by atoms with Gasteiger partial charge in [-0.3, -0.25) is 9.59 Å². The Kier molecular flexibility index (Phi) is 6.29. The summed E-state index contributed by atoms with van der Waals surface area (Å²) in [6.45, 7) is 5.86. The molecule has 0 saturated heterocycles. The Bertz CT molecular complexity index is 990. The molecule has 0 saturated carbocycles. The van der Waals surface area contributed by atoms with Gasteiger partial charge >= 0.3 is 0 Å². The Hall–Kier alpha value is -3.61. The van der Waals surface area contributed by atoms with Gasteiger partial charge in [-0.1, -0.05) is 23.4 Å². The van der Waals surface area contributed by atoms with Crippen LogP contribution in [0.4, 0.5) is 5.69 Å². The fourth-order valence-corrected chi connectivity index (χ4v) is 2.78. The molecule has 29 heavy (non-hydrogen) atoms. The zero-order chi connectivity index (χ0) is 20.8. The molecule has 1 heterocycles. The maximum absolute atomic E-state index is 12.6. The molecule has 0 atom stereocenters. The summed E-state index contributed by atoms with van der Waals surface area (Å²) in [6, 6.07) is 14.2. The van der Waals surface area contributed by atoms with Gasteiger partial charge in [0.15, 0.2) is 0 Å². The normalized spacial score (nSPS) is 10.4. The Labute approximate surface area is 169 Å². The van der Waals surface area contributed by atoms with Crippen molar-refractivity contribution < 1.29 is 18.8 Å². The summed E-state index contributed by atoms with van der Waals surface area (Å²) in [7, 11) is 0. The van der Waals surface area contributed by atoms with Crippen molar-refractivity contribution in [3.05, 3.63) is 76.7 Å². The third-order valence-electron chi connectivity index (χ3n) is 4.47. The highest BCUT2D eigenvalue weighted by Gasteiger charge is 2.11. The Balaban J connectivity index is 1.63. The van der Waals surface area contributed by atoms with Gasteiger partial charge in [-0.25, -0.2) is 0 Å². The molecular formula is C22H23N3O4. The van der Waals surface area contributed by atoms with Crippen LogP contribution < -0.4 is 15.4 Å². The number of amides is 2. The van der Waals surface area contributed by atoms with Gasteiger partial charge in [-0.15, -0.1) is 0 Å². The van der Waals surface area contributed by atoms with E-state index >= 15 is 0 Å². The van der Waals surface area contributed by atoms with E-state index in [0.717, 1.165) is 22.6 Å². The molecule has 3 rings (SSSR count). The number of para-hydroxylation sites is 1. The molecule has 2 amide bonds. The van der Waals surface area contributed by atoms with Crippen LogP contribution in [0, 0.1) is 13.8 Å². The molecule has 7 heteroatoms. The van der Waals surface area contributed by atoms with Gasteiger partial charge in [0.1, 0.15) is 18.1 Å². The summed E-state index contributed by atoms with van der Waals surface area (Å²) in [5.41, 5.74) is 3.71. The molecule has 2 aromatic carbocycles. The summed E-state index contributed by atoms with van der Waals surface area (Å²) < 4.78 is 10.9. The molecule has 0 bridgehead atoms. The van der Waals surface area contributed by atoms with Crippen molar-refractivity contribution in [2.45, 2.75) is 33.9 Å². The summed E-state index contributed by atoms with van der Waals surface area (Å²) in [4.78, 5) is 23.7. The topological polar surface area (TPSA) is 93.5 Å². The second kappa shape index (κ2) is 9.05. The number of aromatic nitrogens is 1. The van der Waals surface area contributed by atoms with Crippen molar-refractivity contribution in [2.24, 2.45) is 0 Å². The van der Waals surface area contributed by atoms with Crippen molar-refractivity contribution in [1.82, 2.24) is 10.5 Å². The number of hydrogen-bond acceptors (Lipinski definition) is 5. The van der Waals surface area contributed by atoms with Crippen LogP contribution in [0.25, 0.3) is 0 Å². The molecule has 2 N–H and O–H groups in total. The fraction of sp³-hybridized carbons (Fsp3) is 0.227. The van der Waals surface area contributed by atoms with E-state index in [1.165, 1.54) is 6.92 Å². The minimum Gasteiger partial charge on any atom is -0.489 e. The van der Waals surface area contributed by atoms with Crippen LogP contribution in [0.2, 0.25) is 0 Å². The molecule has 0 unspecified atom stereocenters. The highest BCUT2D eigenvalue weighted by molar-refractivity contribution is 6.04. The van der Waals surface area contributed by atoms with Crippen molar-refractivity contribution in [3.63, 3.8) is 0 Å². The molecule has 0 aliphatic carbocycles. The lowest BCUT2D eigenvalue weighted by Crippen LogP contribution is -2.21. The molecule has 0 aliphatic heterocycles. The van der Waals surface area contributed by atoms with Crippen molar-refractivity contribution >= 4 is 17.5 Å². The SMILES string of the molecule is CC(=O)NCc1ccccc1NC(=O)c1ccc(OCc2c(C)noc2C)cc1. The predicted molar refractivity (Wildman–Crippen MR) is 109 cm³/mol. The predicted octanol–water partition coefficient (Wildman–Crippen LogP) is 3.76. The summed E-state index contributed by atoms with van der Waals surface area (Å²) in [5.74, 6) is 1.01. The number of ether oxygens (including phenoxy) is 1. The highest BCUT2D eigenvalue weighted by atomic mass is 16.5. The first kappa shape index (κ1) is 20.1. The summed E-state index contributed by atoms with van der Waals surface area (Å²) in [6.07, 6.45) is 0. The highest BCUT2D eigenvalue weighted by Crippen LogP contribution is 2.20. The summed E-state index contributed by atoms with van der Waals surface area (Å²) >= 11 is 0. The van der Waals surface area contributed by atoms with Gasteiger partial charge in [0.05, 0.1) is 11.3 Å². The van der Waals surface area contributed by atoms with Crippen molar-refractivity contribution in [1.29, 1.82) is 0 Å². The maximum Gasteiger partial charge on any atom is 0.255 e. The lowest BCUT2D eigenvalue weighted by molar-refractivity contribution is -0.119. The lowest BCUT2D eigenvalue weighted by Gasteiger charge is -2.12. The number of carbonyl (C=O) groups excluding carboxylic acids is 2. The first-order chi connectivity index (χ1) is 13.9. The Morgan fingerprint density at radius 2 is 1.79 bits per heavy atom. The zero-order valence-corrected chi connectivity index (χ0v) is 16.6. The maximum atomic E-state index is 12.6. The van der Waals surface area contributed by atoms with Crippen molar-refractivity contribution in [3.8, 4) is 5.75 Å². The molecule has 0 radical (unpaired) electrons. The molecule has 150 valence electrons. The quantitative estimate of drug-likeness (QED) is 0.637. The van der Waals surface area contributed by atoms with Gasteiger partial charge in [-0.2, -0.15) is 0 Å². The second-order valence-electron chi connectivity index (χ2n) is 6.64. The molecule has 0 spiro atoms. The third kappa shape index (κ3) is 5.22. The monoisotopic (exact) mass is 393 g/mol. The number of anilines is 1. The van der Waals surface area contributed by atoms with E-state index in [-0.39, 0.29) is 11.8 Å². The van der Waals surface area contributed by atoms with Crippen LogP contribution in [-0.2, 0) is 17.9 Å². The fourth-order valence-electron chi connectivity index (χ4n) is 2.78. The van der Waals surface area contributed by atoms with Crippen LogP contribution in [0.3, 0.4) is 0 Å². The van der Waals surface area contributed by atoms with E-state index in [1.807, 2.05) is 32.0 Å². The van der Waals surface area contributed by atoms with Crippen LogP contribution in [0.1, 0.15) is 39.9 Å². The van der Waals surface area contributed by atoms with E-state index < -0.39 is 0 Å². The lowest BCUT2D eigenvalue weighted by atomic mass is 10.1. The number of nitrogens with zero attached hydrogens (tertiary/aromatic N) is 1. The number of rotatable bonds is 7. The van der Waals surface area contributed by atoms with Crippen LogP contribution in [0.5, 0.6) is 5.75 Å². The minimum atomic E-state index is -0.238. The zero-order valence-electron chi connectivity index (χ0n) is 16.6. The number of benzene rings is 2. The number of carbonyl (C=O) groups is 2. The standard InChI is InChI=1S/C22H23N3O4/c1-14-20(15(2)29-25-14)13-28-19-10-8-17(9-11-19)22(27)24-21-7-5-4-6-18(21)12-23-16(3)26/h4-11H,12-13H2,1-3H3,(H,23,26)(H,24,27). The second-order valence-corrected chi connectivity index (χ2v) is 6.64. The largest absolute Gasteiger partial charge is 0.489 e. The Morgan fingerprint density at radius 1 is 1.07 bits per heavy atom. The average Bonchev–Trinajstić information content (AvgIpc) is 3.03. The molecular weight excluding hydrogens is 370 g/mol. The Morgan fingerprint density at radius 3 is 2.45 bits per heavy atom. The summed E-state index contributed by atoms with van der Waals surface area (Å²) in [5, 5.41) is 9.53. The third-order valence-corrected chi connectivity index (χ3v) is 4.47. The molecule has 7 nitrogen and oxygen atoms in total. The first-order valence-electron chi connectivity index (χ1n) is 9.22. The molecule has 3 aromatic rings. The van der Waals surface area contributed by atoms with Gasteiger partial charge in [0, 0.05) is 24.7 Å². The van der Waals surface area contributed by atoms with Crippen LogP contribution in [0.15, 0.2) is 53.1 Å². The number of aryl methyl sites for hydroxylation is 2. The van der Waals surface area contributed by atoms with E-state index in [1.54, 1.807) is 30.3 Å². The average molecular weight is 393 g/mol. The molecule has 0 aliphatic rings. The van der Waals surface area contributed by atoms with E-state index in [9.17, 15) is 9.59 Å². The minimum absolute atomic E-state index is 0.127. The smallest absolute Gasteiger partial charge is 0.255 e. The van der Waals surface area contributed by atoms with Crippen LogP contribution in [-0.4, -0.2) is 17.0 Å². The van der Waals surface area contributed by atoms with Gasteiger partial charge < -0.3 is 19.9 Å². The van der Waals surface area contributed by atoms with E-state index in [4.69, 9.17) is 9.26 Å². The van der Waals surface area contributed by atoms with E-state index in [2.05, 4.69) is 15.8 Å². The van der Waals surface area contributed by atoms with Gasteiger partial charge in [-0.05, 0) is 49.7 Å². The number of hydrogen-bond donors (Lipinski definition) is 2. The number of nitrogens with one attached hydrogen (secondary N) is 2. The van der Waals surface area contributed by atoms with Crippen LogP contribution >= 0.6 is 0 Å². The molecule has 1 aromatic heterocycles. The first-order valence-corrected chi connectivity index (χ1v) is 9.22. The van der Waals surface area contributed by atoms with Gasteiger partial charge in [0.2, 0.25) is 5.91 Å². The van der Waals surface area contributed by atoms with E-state index in [0.29, 0.717) is 30.2 Å².